The monoisotopic (exact) mass is 481 g/mol. The number of aliphatic imine (C=N–C) groups is 1. The number of carbonyl (C=O) groups is 1. The third-order valence-corrected chi connectivity index (χ3v) is 4.92. The van der Waals surface area contributed by atoms with E-state index in [1.807, 2.05) is 19.9 Å². The lowest BCUT2D eigenvalue weighted by Gasteiger charge is -2.13. The van der Waals surface area contributed by atoms with Crippen LogP contribution in [0.4, 0.5) is 10.2 Å². The Balaban J connectivity index is 0.00000167. The van der Waals surface area contributed by atoms with Crippen LogP contribution in [0.5, 0.6) is 17.4 Å². The van der Waals surface area contributed by atoms with Gasteiger partial charge in [-0.1, -0.05) is 19.9 Å². The quantitative estimate of drug-likeness (QED) is 0.438. The predicted molar refractivity (Wildman–Crippen MR) is 138 cm³/mol. The van der Waals surface area contributed by atoms with E-state index >= 15 is 0 Å². The van der Waals surface area contributed by atoms with Crippen LogP contribution in [0, 0.1) is 12.7 Å². The van der Waals surface area contributed by atoms with Gasteiger partial charge in [-0.25, -0.2) is 14.4 Å². The molecule has 0 aliphatic carbocycles. The number of amides is 1. The fourth-order valence-corrected chi connectivity index (χ4v) is 3.22. The van der Waals surface area contributed by atoms with Crippen molar-refractivity contribution in [1.29, 1.82) is 0 Å². The fourth-order valence-electron chi connectivity index (χ4n) is 3.22. The molecule has 0 fully saturated rings. The summed E-state index contributed by atoms with van der Waals surface area (Å²) in [6, 6.07) is 10.0. The van der Waals surface area contributed by atoms with Crippen LogP contribution in [-0.2, 0) is 6.54 Å². The predicted octanol–water partition coefficient (Wildman–Crippen LogP) is 5.55. The van der Waals surface area contributed by atoms with Gasteiger partial charge in [0.25, 0.3) is 5.91 Å². The van der Waals surface area contributed by atoms with Crippen molar-refractivity contribution in [2.75, 3.05) is 19.0 Å². The van der Waals surface area contributed by atoms with E-state index in [0.717, 1.165) is 5.70 Å². The van der Waals surface area contributed by atoms with Crippen molar-refractivity contribution < 1.29 is 21.5 Å². The summed E-state index contributed by atoms with van der Waals surface area (Å²) in [4.78, 5) is 25.0. The van der Waals surface area contributed by atoms with E-state index in [1.54, 1.807) is 49.7 Å². The van der Waals surface area contributed by atoms with E-state index in [9.17, 15) is 9.18 Å². The molecule has 0 unspecified atom stereocenters. The normalized spacial score (nSPS) is 11.7. The van der Waals surface area contributed by atoms with E-state index in [4.69, 9.17) is 9.47 Å². The van der Waals surface area contributed by atoms with Crippen LogP contribution in [0.25, 0.3) is 0 Å². The third-order valence-electron chi connectivity index (χ3n) is 4.92. The van der Waals surface area contributed by atoms with Gasteiger partial charge in [0.2, 0.25) is 5.88 Å². The molecule has 3 aromatic rings. The number of hydrogen-bond acceptors (Lipinski definition) is 7. The summed E-state index contributed by atoms with van der Waals surface area (Å²) in [5.74, 6) is 0.756. The molecule has 1 amide bonds. The Labute approximate surface area is 206 Å². The number of anilines is 1. The van der Waals surface area contributed by atoms with Crippen molar-refractivity contribution in [3.05, 3.63) is 83.1 Å². The molecule has 4 rings (SSSR count). The Hall–Kier alpha value is -4.27. The molecule has 2 N–H and O–H groups in total. The maximum Gasteiger partial charge on any atom is 0.251 e. The zero-order chi connectivity index (χ0) is 25.2. The average Bonchev–Trinajstić information content (AvgIpc) is 3.38. The van der Waals surface area contributed by atoms with Crippen LogP contribution in [0.3, 0.4) is 0 Å². The molecular weight excluding hydrogens is 449 g/mol. The molecule has 9 heteroatoms. The first-order valence-corrected chi connectivity index (χ1v) is 11.2. The summed E-state index contributed by atoms with van der Waals surface area (Å²) in [7, 11) is 1.34. The van der Waals surface area contributed by atoms with Crippen molar-refractivity contribution in [1.82, 2.24) is 15.3 Å². The second kappa shape index (κ2) is 12.3. The molecular formula is C26H32FN5O3. The standard InChI is InChI=1S/C24H22FN5O3.C2H6.2H2/c1-15-19(23(31)28-12-16-10-20(25)24(32-2)29-13-16)4-3-5-21(15)33-18-7-9-27-22(11-18)30-17-6-8-26-14-17;1-2;;/h3-7,9-11,13-14H,8,12H2,1-2H3,(H,27,30)(H,28,31);1-2H3;2*1H. The van der Waals surface area contributed by atoms with Crippen molar-refractivity contribution in [3.8, 4) is 17.4 Å². The van der Waals surface area contributed by atoms with Gasteiger partial charge in [-0.05, 0) is 42.8 Å². The van der Waals surface area contributed by atoms with E-state index in [1.165, 1.54) is 19.4 Å². The number of benzene rings is 1. The Morgan fingerprint density at radius 2 is 2.03 bits per heavy atom. The smallest absolute Gasteiger partial charge is 0.251 e. The summed E-state index contributed by atoms with van der Waals surface area (Å²) in [5.41, 5.74) is 2.52. The molecule has 35 heavy (non-hydrogen) atoms. The highest BCUT2D eigenvalue weighted by Gasteiger charge is 2.14. The van der Waals surface area contributed by atoms with Crippen molar-refractivity contribution in [3.63, 3.8) is 0 Å². The average molecular weight is 482 g/mol. The molecule has 0 bridgehead atoms. The van der Waals surface area contributed by atoms with E-state index in [-0.39, 0.29) is 21.2 Å². The number of halogens is 1. The summed E-state index contributed by atoms with van der Waals surface area (Å²) in [6.45, 7) is 6.57. The number of hydrogen-bond donors (Lipinski definition) is 2. The van der Waals surface area contributed by atoms with Crippen molar-refractivity contribution >= 4 is 17.9 Å². The topological polar surface area (TPSA) is 97.7 Å². The highest BCUT2D eigenvalue weighted by molar-refractivity contribution is 5.96. The van der Waals surface area contributed by atoms with Gasteiger partial charge in [0.05, 0.1) is 19.4 Å². The maximum atomic E-state index is 13.8. The lowest BCUT2D eigenvalue weighted by atomic mass is 10.1. The Bertz CT molecular complexity index is 1250. The zero-order valence-electron chi connectivity index (χ0n) is 20.1. The number of aromatic nitrogens is 2. The Kier molecular flexibility index (Phi) is 8.89. The number of nitrogens with one attached hydrogen (secondary N) is 2. The fraction of sp³-hybridized carbons (Fsp3) is 0.231. The van der Waals surface area contributed by atoms with E-state index in [0.29, 0.717) is 40.6 Å². The molecule has 1 aromatic carbocycles. The van der Waals surface area contributed by atoms with Gasteiger partial charge in [-0.3, -0.25) is 9.79 Å². The van der Waals surface area contributed by atoms with E-state index in [2.05, 4.69) is 25.6 Å². The minimum Gasteiger partial charge on any atom is -0.479 e. The lowest BCUT2D eigenvalue weighted by Crippen LogP contribution is -2.23. The number of pyridine rings is 2. The molecule has 0 spiro atoms. The van der Waals surface area contributed by atoms with E-state index < -0.39 is 5.82 Å². The minimum atomic E-state index is -0.585. The SMILES string of the molecule is CC.COc1ncc(CNC(=O)c2cccc(Oc3ccnc(NC4=CCN=C4)c3)c2C)cc1F.[HH].[HH]. The highest BCUT2D eigenvalue weighted by Crippen LogP contribution is 2.28. The summed E-state index contributed by atoms with van der Waals surface area (Å²) >= 11 is 0. The number of rotatable bonds is 8. The van der Waals surface area contributed by atoms with Gasteiger partial charge in [0.1, 0.15) is 17.3 Å². The van der Waals surface area contributed by atoms with Crippen LogP contribution >= 0.6 is 0 Å². The van der Waals surface area contributed by atoms with Gasteiger partial charge < -0.3 is 20.1 Å². The number of nitrogens with zero attached hydrogens (tertiary/aromatic N) is 3. The number of allylic oxidation sites excluding steroid dienone is 1. The van der Waals surface area contributed by atoms with Crippen LogP contribution in [0.15, 0.2) is 65.6 Å². The Morgan fingerprint density at radius 3 is 2.74 bits per heavy atom. The molecule has 3 heterocycles. The van der Waals surface area contributed by atoms with Crippen molar-refractivity contribution in [2.24, 2.45) is 4.99 Å². The van der Waals surface area contributed by atoms with Crippen LogP contribution in [0.1, 0.15) is 38.2 Å². The van der Waals surface area contributed by atoms with Crippen LogP contribution < -0.4 is 20.1 Å². The molecule has 186 valence electrons. The molecule has 2 aromatic heterocycles. The molecule has 8 nitrogen and oxygen atoms in total. The molecule has 0 radical (unpaired) electrons. The first-order valence-electron chi connectivity index (χ1n) is 11.2. The molecule has 0 saturated carbocycles. The molecule has 0 atom stereocenters. The van der Waals surface area contributed by atoms with Gasteiger partial charge in [-0.2, -0.15) is 0 Å². The second-order valence-electron chi connectivity index (χ2n) is 7.20. The number of carbonyl (C=O) groups excluding carboxylic acids is 1. The van der Waals surface area contributed by atoms with Gasteiger partial charge in [-0.15, -0.1) is 0 Å². The van der Waals surface area contributed by atoms with Crippen LogP contribution in [0.2, 0.25) is 0 Å². The summed E-state index contributed by atoms with van der Waals surface area (Å²) < 4.78 is 24.7. The van der Waals surface area contributed by atoms with Crippen molar-refractivity contribution in [2.45, 2.75) is 27.3 Å². The number of methoxy groups -OCH3 is 1. The molecule has 1 aliphatic rings. The first-order chi connectivity index (χ1) is 17.0. The summed E-state index contributed by atoms with van der Waals surface area (Å²) in [6.07, 6.45) is 6.80. The molecule has 0 saturated heterocycles. The third kappa shape index (κ3) is 6.63. The summed E-state index contributed by atoms with van der Waals surface area (Å²) in [5, 5.41) is 5.95. The Morgan fingerprint density at radius 1 is 1.20 bits per heavy atom. The number of ether oxygens (including phenoxy) is 2. The zero-order valence-corrected chi connectivity index (χ0v) is 20.1. The highest BCUT2D eigenvalue weighted by atomic mass is 19.1. The first kappa shape index (κ1) is 25.4. The van der Waals surface area contributed by atoms with Gasteiger partial charge >= 0.3 is 0 Å². The lowest BCUT2D eigenvalue weighted by molar-refractivity contribution is 0.0950. The second-order valence-corrected chi connectivity index (χ2v) is 7.20. The van der Waals surface area contributed by atoms with Crippen LogP contribution in [-0.4, -0.2) is 35.7 Å². The largest absolute Gasteiger partial charge is 0.479 e. The molecule has 1 aliphatic heterocycles. The minimum absolute atomic E-state index is 0. The maximum absolute atomic E-state index is 13.8. The van der Waals surface area contributed by atoms with Gasteiger partial charge in [0.15, 0.2) is 5.82 Å². The van der Waals surface area contributed by atoms with Gasteiger partial charge in [0, 0.05) is 45.2 Å².